The molecule has 0 spiro atoms. The highest BCUT2D eigenvalue weighted by molar-refractivity contribution is 5.92. The zero-order valence-electron chi connectivity index (χ0n) is 34.1. The zero-order chi connectivity index (χ0) is 41.9. The van der Waals surface area contributed by atoms with Crippen molar-refractivity contribution < 1.29 is 53.2 Å². The molecule has 7 atom stereocenters. The Bertz CT molecular complexity index is 1370. The number of carbonyl (C=O) groups excluding carboxylic acids is 6. The summed E-state index contributed by atoms with van der Waals surface area (Å²) in [6, 6.07) is 3.85. The number of hydrogen-bond donors (Lipinski definition) is 7. The van der Waals surface area contributed by atoms with Gasteiger partial charge in [-0.05, 0) is 64.9 Å². The van der Waals surface area contributed by atoms with Crippen molar-refractivity contribution in [2.24, 2.45) is 11.8 Å². The molecule has 1 aromatic rings. The van der Waals surface area contributed by atoms with Gasteiger partial charge in [-0.3, -0.25) is 24.0 Å². The minimum absolute atomic E-state index is 0.0322. The molecule has 0 heterocycles. The van der Waals surface area contributed by atoms with Crippen LogP contribution in [0.3, 0.4) is 0 Å². The van der Waals surface area contributed by atoms with E-state index in [1.54, 1.807) is 52.0 Å². The van der Waals surface area contributed by atoms with Gasteiger partial charge >= 0.3 is 12.1 Å². The fourth-order valence-electron chi connectivity index (χ4n) is 5.53. The summed E-state index contributed by atoms with van der Waals surface area (Å²) >= 11 is 0. The van der Waals surface area contributed by atoms with Crippen molar-refractivity contribution in [1.29, 1.82) is 0 Å². The molecule has 0 aliphatic rings. The second-order valence-electron chi connectivity index (χ2n) is 15.5. The van der Waals surface area contributed by atoms with Crippen molar-refractivity contribution in [1.82, 2.24) is 26.6 Å². The third-order valence-electron chi connectivity index (χ3n) is 8.22. The SMILES string of the molecule is CCOC[C@H](NC(=O)[C@H](Cc1ccccc1)NC(=O)OC(C)(C)C)C(=O)N[C@@H](CC(C)C)[C@@H](O)CC(=O)N[C@@H](C)C(=O)N[C@@H](CC(C)C)[C@@H](O)CC(=O)OC. The largest absolute Gasteiger partial charge is 0.469 e. The molecule has 312 valence electrons. The number of methoxy groups -OCH3 is 1. The molecule has 1 aromatic carbocycles. The van der Waals surface area contributed by atoms with Gasteiger partial charge in [0.1, 0.15) is 23.7 Å². The van der Waals surface area contributed by atoms with Gasteiger partial charge in [0, 0.05) is 13.0 Å². The lowest BCUT2D eigenvalue weighted by Crippen LogP contribution is -2.58. The van der Waals surface area contributed by atoms with Crippen LogP contribution >= 0.6 is 0 Å². The summed E-state index contributed by atoms with van der Waals surface area (Å²) in [6.45, 7) is 15.8. The lowest BCUT2D eigenvalue weighted by molar-refractivity contribution is -0.144. The number of hydrogen-bond acceptors (Lipinski definition) is 11. The molecule has 0 radical (unpaired) electrons. The highest BCUT2D eigenvalue weighted by Gasteiger charge is 2.33. The second-order valence-corrected chi connectivity index (χ2v) is 15.5. The van der Waals surface area contributed by atoms with Crippen LogP contribution in [0.15, 0.2) is 30.3 Å². The standard InChI is InChI=1S/C39H65N5O11/c1-11-54-22-30(43-36(50)29(19-26-15-13-12-14-16-26)44-38(52)55-39(7,8)9)37(51)42-27(17-23(2)3)31(45)20-33(47)40-25(6)35(49)41-28(18-24(4)5)32(46)21-34(48)53-10/h12-16,23-25,27-32,45-46H,11,17-22H2,1-10H3,(H,40,47)(H,41,49)(H,42,51)(H,43,50)(H,44,52)/t25-,27-,28-,29-,30-,31-,32-/m0/s1. The number of aliphatic hydroxyl groups excluding tert-OH is 2. The van der Waals surface area contributed by atoms with Crippen molar-refractivity contribution in [3.63, 3.8) is 0 Å². The van der Waals surface area contributed by atoms with E-state index in [9.17, 15) is 39.0 Å². The Balaban J connectivity index is 3.09. The maximum Gasteiger partial charge on any atom is 0.408 e. The van der Waals surface area contributed by atoms with Gasteiger partial charge in [0.15, 0.2) is 0 Å². The van der Waals surface area contributed by atoms with E-state index in [1.807, 2.05) is 33.8 Å². The summed E-state index contributed by atoms with van der Waals surface area (Å²) < 4.78 is 15.5. The molecule has 5 amide bonds. The summed E-state index contributed by atoms with van der Waals surface area (Å²) in [5.74, 6) is -3.24. The summed E-state index contributed by atoms with van der Waals surface area (Å²) in [5, 5.41) is 35.0. The predicted molar refractivity (Wildman–Crippen MR) is 205 cm³/mol. The molecule has 1 rings (SSSR count). The van der Waals surface area contributed by atoms with Crippen molar-refractivity contribution in [2.75, 3.05) is 20.3 Å². The number of benzene rings is 1. The van der Waals surface area contributed by atoms with Crippen molar-refractivity contribution in [3.8, 4) is 0 Å². The van der Waals surface area contributed by atoms with E-state index in [1.165, 1.54) is 14.0 Å². The molecule has 0 fully saturated rings. The van der Waals surface area contributed by atoms with Crippen LogP contribution in [0, 0.1) is 11.8 Å². The van der Waals surface area contributed by atoms with E-state index < -0.39 is 90.1 Å². The Morgan fingerprint density at radius 1 is 0.709 bits per heavy atom. The summed E-state index contributed by atoms with van der Waals surface area (Å²) in [5.41, 5.74) is -0.0725. The molecule has 0 saturated carbocycles. The molecule has 0 bridgehead atoms. The van der Waals surface area contributed by atoms with Crippen molar-refractivity contribution in [2.45, 2.75) is 142 Å². The van der Waals surface area contributed by atoms with Crippen LogP contribution in [0.4, 0.5) is 4.79 Å². The molecule has 16 heteroatoms. The molecule has 55 heavy (non-hydrogen) atoms. The van der Waals surface area contributed by atoms with Gasteiger partial charge in [0.2, 0.25) is 23.6 Å². The Kier molecular flexibility index (Phi) is 21.5. The average Bonchev–Trinajstić information content (AvgIpc) is 3.07. The van der Waals surface area contributed by atoms with E-state index in [0.29, 0.717) is 6.42 Å². The van der Waals surface area contributed by atoms with E-state index in [0.717, 1.165) is 5.56 Å². The first-order valence-electron chi connectivity index (χ1n) is 18.9. The zero-order valence-corrected chi connectivity index (χ0v) is 34.1. The van der Waals surface area contributed by atoms with Gasteiger partial charge in [0.05, 0.1) is 50.8 Å². The molecule has 0 aromatic heterocycles. The molecule has 0 aliphatic carbocycles. The molecular weight excluding hydrogens is 714 g/mol. The summed E-state index contributed by atoms with van der Waals surface area (Å²) in [7, 11) is 1.20. The second kappa shape index (κ2) is 24.3. The quantitative estimate of drug-likeness (QED) is 0.0794. The first-order chi connectivity index (χ1) is 25.6. The lowest BCUT2D eigenvalue weighted by Gasteiger charge is -2.29. The number of nitrogens with one attached hydrogen (secondary N) is 5. The van der Waals surface area contributed by atoms with Crippen molar-refractivity contribution in [3.05, 3.63) is 35.9 Å². The van der Waals surface area contributed by atoms with Crippen LogP contribution in [0.1, 0.15) is 93.6 Å². The fourth-order valence-corrected chi connectivity index (χ4v) is 5.53. The smallest absolute Gasteiger partial charge is 0.408 e. The van der Waals surface area contributed by atoms with Crippen LogP contribution in [-0.2, 0) is 44.6 Å². The average molecular weight is 780 g/mol. The predicted octanol–water partition coefficient (Wildman–Crippen LogP) is 1.89. The monoisotopic (exact) mass is 779 g/mol. The van der Waals surface area contributed by atoms with E-state index in [4.69, 9.17) is 9.47 Å². The fraction of sp³-hybridized carbons (Fsp3) is 0.692. The lowest BCUT2D eigenvalue weighted by atomic mass is 9.96. The van der Waals surface area contributed by atoms with Crippen LogP contribution in [0.2, 0.25) is 0 Å². The molecular formula is C39H65N5O11. The van der Waals surface area contributed by atoms with Crippen molar-refractivity contribution >= 4 is 35.7 Å². The number of alkyl carbamates (subject to hydrolysis) is 1. The van der Waals surface area contributed by atoms with Gasteiger partial charge < -0.3 is 51.0 Å². The number of carbonyl (C=O) groups is 6. The Morgan fingerprint density at radius 2 is 1.24 bits per heavy atom. The number of esters is 1. The number of ether oxygens (including phenoxy) is 3. The van der Waals surface area contributed by atoms with E-state index >= 15 is 0 Å². The van der Waals surface area contributed by atoms with Crippen LogP contribution in [-0.4, -0.2) is 114 Å². The summed E-state index contributed by atoms with van der Waals surface area (Å²) in [6.07, 6.45) is -3.49. The molecule has 0 saturated heterocycles. The maximum atomic E-state index is 13.7. The van der Waals surface area contributed by atoms with Gasteiger partial charge in [-0.15, -0.1) is 0 Å². The molecule has 0 unspecified atom stereocenters. The molecule has 0 aliphatic heterocycles. The highest BCUT2D eigenvalue weighted by Crippen LogP contribution is 2.14. The minimum Gasteiger partial charge on any atom is -0.469 e. The topological polar surface area (TPSA) is 231 Å². The minimum atomic E-state index is -1.39. The van der Waals surface area contributed by atoms with Crippen LogP contribution in [0.25, 0.3) is 0 Å². The Labute approximate surface area is 325 Å². The van der Waals surface area contributed by atoms with Crippen LogP contribution < -0.4 is 26.6 Å². The van der Waals surface area contributed by atoms with Gasteiger partial charge in [-0.25, -0.2) is 4.79 Å². The van der Waals surface area contributed by atoms with E-state index in [-0.39, 0.29) is 44.3 Å². The highest BCUT2D eigenvalue weighted by atomic mass is 16.6. The normalized spacial score (nSPS) is 15.4. The molecule has 16 nitrogen and oxygen atoms in total. The number of amides is 5. The number of aliphatic hydroxyl groups is 2. The third-order valence-corrected chi connectivity index (χ3v) is 8.22. The first kappa shape index (κ1) is 48.7. The first-order valence-corrected chi connectivity index (χ1v) is 18.9. The van der Waals surface area contributed by atoms with Crippen LogP contribution in [0.5, 0.6) is 0 Å². The van der Waals surface area contributed by atoms with Gasteiger partial charge in [-0.1, -0.05) is 58.0 Å². The Hall–Kier alpha value is -4.28. The van der Waals surface area contributed by atoms with Gasteiger partial charge in [-0.2, -0.15) is 0 Å². The third kappa shape index (κ3) is 20.3. The molecule has 7 N–H and O–H groups in total. The van der Waals surface area contributed by atoms with Gasteiger partial charge in [0.25, 0.3) is 0 Å². The Morgan fingerprint density at radius 3 is 1.75 bits per heavy atom. The maximum absolute atomic E-state index is 13.7. The van der Waals surface area contributed by atoms with E-state index in [2.05, 4.69) is 31.3 Å². The number of rotatable bonds is 23. The summed E-state index contributed by atoms with van der Waals surface area (Å²) in [4.78, 5) is 77.9.